The fourth-order valence-electron chi connectivity index (χ4n) is 2.76. The van der Waals surface area contributed by atoms with E-state index in [2.05, 4.69) is 4.98 Å². The van der Waals surface area contributed by atoms with Gasteiger partial charge in [-0.25, -0.2) is 13.8 Å². The first-order valence-corrected chi connectivity index (χ1v) is 6.94. The third-order valence-electron chi connectivity index (χ3n) is 4.06. The average molecular weight is 299 g/mol. The molecule has 2 unspecified atom stereocenters. The van der Waals surface area contributed by atoms with Gasteiger partial charge in [-0.3, -0.25) is 4.79 Å². The number of amides is 1. The van der Waals surface area contributed by atoms with Gasteiger partial charge >= 0.3 is 0 Å². The first-order valence-electron chi connectivity index (χ1n) is 6.94. The molecule has 1 aliphatic heterocycles. The van der Waals surface area contributed by atoms with Crippen LogP contribution in [0.3, 0.4) is 0 Å². The summed E-state index contributed by atoms with van der Waals surface area (Å²) in [6.45, 7) is 3.04. The van der Waals surface area contributed by atoms with Gasteiger partial charge in [-0.15, -0.1) is 0 Å². The number of hydrogen-bond donors (Lipinski definition) is 0. The first kappa shape index (κ1) is 14.2. The smallest absolute Gasteiger partial charge is 0.260 e. The van der Waals surface area contributed by atoms with E-state index in [1.807, 2.05) is 11.8 Å². The summed E-state index contributed by atoms with van der Waals surface area (Å²) < 4.78 is 39.1. The summed E-state index contributed by atoms with van der Waals surface area (Å²) in [4.78, 5) is 19.2. The van der Waals surface area contributed by atoms with Crippen molar-refractivity contribution in [2.75, 3.05) is 24.5 Å². The van der Waals surface area contributed by atoms with E-state index < -0.39 is 23.7 Å². The molecule has 1 saturated carbocycles. The van der Waals surface area contributed by atoms with Crippen molar-refractivity contribution in [1.29, 1.82) is 0 Å². The predicted molar refractivity (Wildman–Crippen MR) is 70.6 cm³/mol. The van der Waals surface area contributed by atoms with Crippen LogP contribution in [0.2, 0.25) is 0 Å². The first-order chi connectivity index (χ1) is 9.88. The second-order valence-electron chi connectivity index (χ2n) is 5.66. The van der Waals surface area contributed by atoms with Gasteiger partial charge in [0.15, 0.2) is 0 Å². The molecule has 0 N–H and O–H groups in total. The molecule has 0 bridgehead atoms. The van der Waals surface area contributed by atoms with Gasteiger partial charge in [-0.1, -0.05) is 6.07 Å². The molecule has 114 valence electrons. The van der Waals surface area contributed by atoms with Crippen molar-refractivity contribution in [2.45, 2.75) is 25.3 Å². The number of nitrogens with zero attached hydrogens (tertiary/aromatic N) is 3. The lowest BCUT2D eigenvalue weighted by molar-refractivity contribution is -0.135. The topological polar surface area (TPSA) is 36.4 Å². The highest BCUT2D eigenvalue weighted by Crippen LogP contribution is 2.49. The molecule has 21 heavy (non-hydrogen) atoms. The van der Waals surface area contributed by atoms with Crippen LogP contribution in [-0.2, 0) is 4.79 Å². The van der Waals surface area contributed by atoms with Crippen molar-refractivity contribution >= 4 is 11.7 Å². The number of rotatable bonds is 2. The Balaban J connectivity index is 1.66. The minimum atomic E-state index is -2.83. The van der Waals surface area contributed by atoms with E-state index in [0.717, 1.165) is 0 Å². The van der Waals surface area contributed by atoms with Crippen molar-refractivity contribution in [3.8, 4) is 0 Å². The molecule has 3 rings (SSSR count). The highest BCUT2D eigenvalue weighted by atomic mass is 19.3. The van der Waals surface area contributed by atoms with E-state index in [9.17, 15) is 18.0 Å². The molecule has 0 aromatic carbocycles. The van der Waals surface area contributed by atoms with Gasteiger partial charge in [0.2, 0.25) is 11.9 Å². The van der Waals surface area contributed by atoms with Gasteiger partial charge in [0.05, 0.1) is 0 Å². The van der Waals surface area contributed by atoms with Crippen LogP contribution in [0.15, 0.2) is 18.2 Å². The Labute approximate surface area is 120 Å². The molecule has 2 heterocycles. The van der Waals surface area contributed by atoms with Gasteiger partial charge in [0, 0.05) is 32.1 Å². The highest BCUT2D eigenvalue weighted by Gasteiger charge is 2.62. The normalized spacial score (nSPS) is 27.6. The average Bonchev–Trinajstić information content (AvgIpc) is 3.06. The number of pyridine rings is 1. The van der Waals surface area contributed by atoms with Gasteiger partial charge < -0.3 is 9.80 Å². The summed E-state index contributed by atoms with van der Waals surface area (Å²) >= 11 is 0. The van der Waals surface area contributed by atoms with Crippen molar-refractivity contribution in [2.24, 2.45) is 5.92 Å². The summed E-state index contributed by atoms with van der Waals surface area (Å²) in [6.07, 6.45) is -0.341. The predicted octanol–water partition coefficient (Wildman–Crippen LogP) is 1.91. The van der Waals surface area contributed by atoms with Crippen LogP contribution in [0, 0.1) is 11.9 Å². The van der Waals surface area contributed by atoms with Crippen molar-refractivity contribution in [3.63, 3.8) is 0 Å². The molecule has 4 nitrogen and oxygen atoms in total. The molecule has 7 heteroatoms. The Hall–Kier alpha value is -1.79. The Morgan fingerprint density at radius 2 is 2.10 bits per heavy atom. The van der Waals surface area contributed by atoms with E-state index in [0.29, 0.717) is 25.5 Å². The van der Waals surface area contributed by atoms with Crippen LogP contribution < -0.4 is 4.90 Å². The molecule has 1 aromatic rings. The lowest BCUT2D eigenvalue weighted by atomic mass is 10.1. The highest BCUT2D eigenvalue weighted by molar-refractivity contribution is 5.83. The number of aromatic nitrogens is 1. The number of alkyl halides is 2. The van der Waals surface area contributed by atoms with E-state index in [1.54, 1.807) is 12.1 Å². The Kier molecular flexibility index (Phi) is 3.30. The molecular weight excluding hydrogens is 283 g/mol. The maximum absolute atomic E-state index is 13.2. The standard InChI is InChI=1S/C14H16F3N3O/c1-9-8-19(13(21)10-7-14(10,16)17)5-6-20(9)12-4-2-3-11(15)18-12/h2-4,9-10H,5-8H2,1H3. The molecule has 2 fully saturated rings. The lowest BCUT2D eigenvalue weighted by Gasteiger charge is -2.40. The van der Waals surface area contributed by atoms with E-state index in [1.165, 1.54) is 11.0 Å². The number of carbonyl (C=O) groups excluding carboxylic acids is 1. The van der Waals surface area contributed by atoms with E-state index >= 15 is 0 Å². The molecular formula is C14H16F3N3O. The molecule has 1 aromatic heterocycles. The Morgan fingerprint density at radius 3 is 2.67 bits per heavy atom. The van der Waals surface area contributed by atoms with Crippen molar-refractivity contribution in [3.05, 3.63) is 24.1 Å². The number of anilines is 1. The second kappa shape index (κ2) is 4.89. The van der Waals surface area contributed by atoms with Gasteiger partial charge in [0.1, 0.15) is 11.7 Å². The third-order valence-corrected chi connectivity index (χ3v) is 4.06. The monoisotopic (exact) mass is 299 g/mol. The minimum absolute atomic E-state index is 0.0932. The molecule has 2 aliphatic rings. The fraction of sp³-hybridized carbons (Fsp3) is 0.571. The molecule has 1 amide bonds. The quantitative estimate of drug-likeness (QED) is 0.783. The molecule has 1 saturated heterocycles. The summed E-state index contributed by atoms with van der Waals surface area (Å²) in [5.74, 6) is -4.51. The number of hydrogen-bond acceptors (Lipinski definition) is 3. The summed E-state index contributed by atoms with van der Waals surface area (Å²) in [5, 5.41) is 0. The summed E-state index contributed by atoms with van der Waals surface area (Å²) in [6, 6.07) is 4.45. The minimum Gasteiger partial charge on any atom is -0.350 e. The zero-order valence-corrected chi connectivity index (χ0v) is 11.6. The van der Waals surface area contributed by atoms with Gasteiger partial charge in [-0.2, -0.15) is 4.39 Å². The molecule has 1 aliphatic carbocycles. The molecule has 0 radical (unpaired) electrons. The number of carbonyl (C=O) groups is 1. The van der Waals surface area contributed by atoms with Gasteiger partial charge in [-0.05, 0) is 19.1 Å². The van der Waals surface area contributed by atoms with Crippen LogP contribution in [0.4, 0.5) is 19.0 Å². The molecule has 2 atom stereocenters. The zero-order chi connectivity index (χ0) is 15.2. The SMILES string of the molecule is CC1CN(C(=O)C2CC2(F)F)CCN1c1cccc(F)n1. The maximum atomic E-state index is 13.2. The van der Waals surface area contributed by atoms with Crippen molar-refractivity contribution < 1.29 is 18.0 Å². The van der Waals surface area contributed by atoms with Crippen LogP contribution in [0.25, 0.3) is 0 Å². The summed E-state index contributed by atoms with van der Waals surface area (Å²) in [7, 11) is 0. The van der Waals surface area contributed by atoms with Gasteiger partial charge in [0.25, 0.3) is 5.92 Å². The lowest BCUT2D eigenvalue weighted by Crippen LogP contribution is -2.54. The molecule has 0 spiro atoms. The van der Waals surface area contributed by atoms with E-state index in [-0.39, 0.29) is 12.5 Å². The van der Waals surface area contributed by atoms with Crippen LogP contribution in [0.1, 0.15) is 13.3 Å². The maximum Gasteiger partial charge on any atom is 0.260 e. The van der Waals surface area contributed by atoms with Crippen LogP contribution in [-0.4, -0.2) is 47.4 Å². The Bertz CT molecular complexity index is 566. The number of halogens is 3. The van der Waals surface area contributed by atoms with Crippen LogP contribution >= 0.6 is 0 Å². The summed E-state index contributed by atoms with van der Waals surface area (Å²) in [5.41, 5.74) is 0. The Morgan fingerprint density at radius 1 is 1.38 bits per heavy atom. The third kappa shape index (κ3) is 2.69. The van der Waals surface area contributed by atoms with Crippen LogP contribution in [0.5, 0.6) is 0 Å². The fourth-order valence-corrected chi connectivity index (χ4v) is 2.76. The zero-order valence-electron chi connectivity index (χ0n) is 11.6. The second-order valence-corrected chi connectivity index (χ2v) is 5.66. The van der Waals surface area contributed by atoms with Crippen molar-refractivity contribution in [1.82, 2.24) is 9.88 Å². The largest absolute Gasteiger partial charge is 0.350 e. The number of piperazine rings is 1. The van der Waals surface area contributed by atoms with E-state index in [4.69, 9.17) is 0 Å².